The number of aromatic amines is 1. The summed E-state index contributed by atoms with van der Waals surface area (Å²) in [5.41, 5.74) is 9.41. The number of methoxy groups -OCH3 is 1. The highest BCUT2D eigenvalue weighted by molar-refractivity contribution is 7.14. The lowest BCUT2D eigenvalue weighted by molar-refractivity contribution is -0.119. The Morgan fingerprint density at radius 1 is 1.13 bits per heavy atom. The number of H-pyrrole nitrogens is 1. The number of thiophene rings is 1. The Hall–Kier alpha value is -4.16. The number of primary amides is 1. The van der Waals surface area contributed by atoms with Crippen molar-refractivity contribution in [3.8, 4) is 5.75 Å². The first-order chi connectivity index (χ1) is 18.9. The number of benzene rings is 1. The van der Waals surface area contributed by atoms with Crippen LogP contribution in [0.5, 0.6) is 5.75 Å². The quantitative estimate of drug-likeness (QED) is 0.261. The normalized spacial score (nSPS) is 15.1. The summed E-state index contributed by atoms with van der Waals surface area (Å²) in [7, 11) is 1.62. The second kappa shape index (κ2) is 10.2. The van der Waals surface area contributed by atoms with E-state index < -0.39 is 5.91 Å². The number of aryl methyl sites for hydroxylation is 1. The maximum Gasteiger partial charge on any atom is 0.260 e. The van der Waals surface area contributed by atoms with E-state index in [0.717, 1.165) is 53.9 Å². The van der Waals surface area contributed by atoms with Crippen molar-refractivity contribution in [3.63, 3.8) is 0 Å². The van der Waals surface area contributed by atoms with Crippen molar-refractivity contribution < 1.29 is 14.3 Å². The molecule has 2 aliphatic rings. The summed E-state index contributed by atoms with van der Waals surface area (Å²) in [4.78, 5) is 43.1. The molecule has 2 aliphatic heterocycles. The summed E-state index contributed by atoms with van der Waals surface area (Å²) in [5.74, 6) is 1.09. The molecule has 11 nitrogen and oxygen atoms in total. The van der Waals surface area contributed by atoms with Crippen LogP contribution in [0.3, 0.4) is 0 Å². The zero-order valence-corrected chi connectivity index (χ0v) is 22.7. The highest BCUT2D eigenvalue weighted by Gasteiger charge is 2.28. The number of nitrogens with two attached hydrogens (primary N) is 1. The van der Waals surface area contributed by atoms with Crippen LogP contribution in [-0.2, 0) is 11.2 Å². The number of hydrogen-bond acceptors (Lipinski definition) is 9. The number of hydrogen-bond donors (Lipinski definition) is 4. The number of nitrogens with zero attached hydrogens (tertiary/aromatic N) is 4. The molecule has 5 heterocycles. The van der Waals surface area contributed by atoms with Gasteiger partial charge in [-0.1, -0.05) is 0 Å². The van der Waals surface area contributed by atoms with E-state index in [1.165, 1.54) is 11.3 Å². The molecule has 0 bridgehead atoms. The van der Waals surface area contributed by atoms with Gasteiger partial charge in [-0.3, -0.25) is 14.5 Å². The van der Waals surface area contributed by atoms with Crippen LogP contribution in [0.1, 0.15) is 33.0 Å². The van der Waals surface area contributed by atoms with Gasteiger partial charge in [-0.2, -0.15) is 9.97 Å². The maximum atomic E-state index is 13.2. The number of fused-ring (bicyclic) bond motifs is 2. The lowest BCUT2D eigenvalue weighted by atomic mass is 10.1. The Labute approximate surface area is 229 Å². The Morgan fingerprint density at radius 3 is 2.72 bits per heavy atom. The van der Waals surface area contributed by atoms with Gasteiger partial charge in [-0.25, -0.2) is 0 Å². The first kappa shape index (κ1) is 25.1. The molecule has 1 fully saturated rings. The van der Waals surface area contributed by atoms with E-state index >= 15 is 0 Å². The number of aromatic nitrogens is 3. The van der Waals surface area contributed by atoms with Gasteiger partial charge in [0.2, 0.25) is 11.9 Å². The van der Waals surface area contributed by atoms with Crippen LogP contribution >= 0.6 is 11.3 Å². The molecule has 0 saturated carbocycles. The molecule has 1 aromatic carbocycles. The van der Waals surface area contributed by atoms with Gasteiger partial charge >= 0.3 is 0 Å². The van der Waals surface area contributed by atoms with Crippen LogP contribution in [0.4, 0.5) is 28.8 Å². The molecule has 4 aromatic rings. The average Bonchev–Trinajstić information content (AvgIpc) is 3.70. The zero-order valence-electron chi connectivity index (χ0n) is 21.8. The number of amides is 2. The molecule has 2 amide bonds. The largest absolute Gasteiger partial charge is 0.495 e. The van der Waals surface area contributed by atoms with Crippen molar-refractivity contribution in [2.75, 3.05) is 48.8 Å². The number of carbonyl (C=O) groups is 2. The fraction of sp³-hybridized carbons (Fsp3) is 0.333. The van der Waals surface area contributed by atoms with Gasteiger partial charge in [0.25, 0.3) is 5.91 Å². The van der Waals surface area contributed by atoms with Gasteiger partial charge in [0.1, 0.15) is 22.1 Å². The van der Waals surface area contributed by atoms with Gasteiger partial charge in [-0.05, 0) is 69.1 Å². The second-order valence-corrected chi connectivity index (χ2v) is 11.1. The SMILES string of the molecule is COc1cc2c(cc1Nc1nc(Nc3cc(C)sc3C(N)=O)c3cc[nH]c3n1)N(C(=O)CN1CCCC1)CC2. The standard InChI is InChI=1S/C27H30N8O3S/c1-15-11-19(23(39-15)24(28)37)30-26-17-5-7-29-25(17)32-27(33-26)31-18-13-20-16(12-21(18)38-2)6-10-35(20)22(36)14-34-8-3-4-9-34/h5,7,11-13H,3-4,6,8-10,14H2,1-2H3,(H2,28,37)(H3,29,30,31,32,33). The fourth-order valence-electron chi connectivity index (χ4n) is 5.29. The first-order valence-corrected chi connectivity index (χ1v) is 13.7. The first-order valence-electron chi connectivity index (χ1n) is 12.9. The van der Waals surface area contributed by atoms with E-state index in [-0.39, 0.29) is 5.91 Å². The van der Waals surface area contributed by atoms with Crippen molar-refractivity contribution in [2.45, 2.75) is 26.2 Å². The lowest BCUT2D eigenvalue weighted by Gasteiger charge is -2.22. The highest BCUT2D eigenvalue weighted by Crippen LogP contribution is 2.39. The lowest BCUT2D eigenvalue weighted by Crippen LogP contribution is -2.38. The predicted molar refractivity (Wildman–Crippen MR) is 153 cm³/mol. The molecule has 3 aromatic heterocycles. The highest BCUT2D eigenvalue weighted by atomic mass is 32.1. The summed E-state index contributed by atoms with van der Waals surface area (Å²) in [5, 5.41) is 7.32. The molecule has 0 spiro atoms. The van der Waals surface area contributed by atoms with Gasteiger partial charge in [0.15, 0.2) is 0 Å². The topological polar surface area (TPSA) is 142 Å². The third kappa shape index (κ3) is 4.88. The van der Waals surface area contributed by atoms with Crippen molar-refractivity contribution in [3.05, 3.63) is 45.8 Å². The monoisotopic (exact) mass is 546 g/mol. The Bertz CT molecular complexity index is 1570. The van der Waals surface area contributed by atoms with Gasteiger partial charge in [-0.15, -0.1) is 11.3 Å². The molecule has 0 aliphatic carbocycles. The van der Waals surface area contributed by atoms with Crippen LogP contribution in [0.2, 0.25) is 0 Å². The number of carbonyl (C=O) groups excluding carboxylic acids is 2. The molecule has 0 radical (unpaired) electrons. The van der Waals surface area contributed by atoms with Crippen LogP contribution < -0.4 is 26.0 Å². The number of ether oxygens (including phenoxy) is 1. The molecular weight excluding hydrogens is 516 g/mol. The number of nitrogens with one attached hydrogen (secondary N) is 3. The zero-order chi connectivity index (χ0) is 27.1. The summed E-state index contributed by atoms with van der Waals surface area (Å²) >= 11 is 1.33. The Kier molecular flexibility index (Phi) is 6.57. The molecule has 0 unspecified atom stereocenters. The van der Waals surface area contributed by atoms with E-state index in [9.17, 15) is 9.59 Å². The summed E-state index contributed by atoms with van der Waals surface area (Å²) in [6.45, 7) is 4.95. The molecule has 1 saturated heterocycles. The minimum absolute atomic E-state index is 0.110. The Balaban J connectivity index is 1.32. The van der Waals surface area contributed by atoms with Crippen molar-refractivity contribution in [2.24, 2.45) is 5.73 Å². The maximum absolute atomic E-state index is 13.2. The summed E-state index contributed by atoms with van der Waals surface area (Å²) in [6.07, 6.45) is 4.85. The van der Waals surface area contributed by atoms with Crippen LogP contribution in [0.15, 0.2) is 30.5 Å². The van der Waals surface area contributed by atoms with Gasteiger partial charge in [0.05, 0.1) is 30.4 Å². The van der Waals surface area contributed by atoms with Crippen molar-refractivity contribution in [1.29, 1.82) is 0 Å². The third-order valence-corrected chi connectivity index (χ3v) is 8.21. The van der Waals surface area contributed by atoms with Crippen molar-refractivity contribution in [1.82, 2.24) is 19.9 Å². The number of likely N-dealkylation sites (tertiary alicyclic amines) is 1. The van der Waals surface area contributed by atoms with Crippen LogP contribution in [0.25, 0.3) is 11.0 Å². The second-order valence-electron chi connectivity index (χ2n) is 9.81. The van der Waals surface area contributed by atoms with E-state index in [0.29, 0.717) is 52.5 Å². The smallest absolute Gasteiger partial charge is 0.260 e. The predicted octanol–water partition coefficient (Wildman–Crippen LogP) is 3.91. The molecule has 0 atom stereocenters. The molecule has 202 valence electrons. The molecule has 5 N–H and O–H groups in total. The van der Waals surface area contributed by atoms with Crippen LogP contribution in [-0.4, -0.2) is 65.0 Å². The van der Waals surface area contributed by atoms with Crippen LogP contribution in [0, 0.1) is 6.92 Å². The van der Waals surface area contributed by atoms with Gasteiger partial charge in [0, 0.05) is 23.3 Å². The number of anilines is 5. The summed E-state index contributed by atoms with van der Waals surface area (Å²) < 4.78 is 5.69. The minimum Gasteiger partial charge on any atom is -0.495 e. The van der Waals surface area contributed by atoms with E-state index in [2.05, 4.69) is 25.5 Å². The van der Waals surface area contributed by atoms with E-state index in [1.807, 2.05) is 36.1 Å². The minimum atomic E-state index is -0.500. The van der Waals surface area contributed by atoms with Crippen molar-refractivity contribution >= 4 is 63.0 Å². The molecule has 39 heavy (non-hydrogen) atoms. The van der Waals surface area contributed by atoms with E-state index in [4.69, 9.17) is 15.5 Å². The van der Waals surface area contributed by atoms with E-state index in [1.54, 1.807) is 13.3 Å². The molecular formula is C27H30N8O3S. The Morgan fingerprint density at radius 2 is 1.95 bits per heavy atom. The summed E-state index contributed by atoms with van der Waals surface area (Å²) in [6, 6.07) is 7.65. The molecule has 6 rings (SSSR count). The van der Waals surface area contributed by atoms with Gasteiger partial charge < -0.3 is 31.0 Å². The third-order valence-electron chi connectivity index (χ3n) is 7.15. The number of rotatable bonds is 8. The fourth-order valence-corrected chi connectivity index (χ4v) is 6.11. The molecule has 12 heteroatoms. The average molecular weight is 547 g/mol.